The third kappa shape index (κ3) is 5.55. The van der Waals surface area contributed by atoms with Gasteiger partial charge in [-0.15, -0.1) is 0 Å². The van der Waals surface area contributed by atoms with E-state index < -0.39 is 0 Å². The fourth-order valence-corrected chi connectivity index (χ4v) is 4.06. The summed E-state index contributed by atoms with van der Waals surface area (Å²) in [6.45, 7) is 4.73. The van der Waals surface area contributed by atoms with E-state index in [9.17, 15) is 0 Å². The summed E-state index contributed by atoms with van der Waals surface area (Å²) in [7, 11) is 5.81. The van der Waals surface area contributed by atoms with Gasteiger partial charge in [-0.3, -0.25) is 0 Å². The van der Waals surface area contributed by atoms with Gasteiger partial charge in [-0.05, 0) is 42.0 Å². The van der Waals surface area contributed by atoms with Crippen molar-refractivity contribution in [2.75, 3.05) is 0 Å². The van der Waals surface area contributed by atoms with Gasteiger partial charge in [0.05, 0.1) is 15.6 Å². The largest absolute Gasteiger partial charge is 0.489 e. The molecule has 1 heterocycles. The van der Waals surface area contributed by atoms with Crippen LogP contribution in [0.3, 0.4) is 0 Å². The molecule has 3 aromatic carbocycles. The molecule has 166 valence electrons. The molecule has 0 fully saturated rings. The number of hydrogen-bond acceptors (Lipinski definition) is 4. The van der Waals surface area contributed by atoms with Crippen LogP contribution in [0.5, 0.6) is 11.5 Å². The van der Waals surface area contributed by atoms with Crippen molar-refractivity contribution in [3.8, 4) is 22.8 Å². The highest BCUT2D eigenvalue weighted by atomic mass is 35.5. The van der Waals surface area contributed by atoms with Crippen molar-refractivity contribution >= 4 is 36.5 Å². The molecular weight excluding hydrogens is 456 g/mol. The van der Waals surface area contributed by atoms with Crippen molar-refractivity contribution in [1.82, 2.24) is 5.16 Å². The predicted octanol–water partition coefficient (Wildman–Crippen LogP) is 6.72. The molecule has 4 nitrogen and oxygen atoms in total. The molecule has 7 heteroatoms. The molecule has 0 unspecified atom stereocenters. The van der Waals surface area contributed by atoms with Gasteiger partial charge in [-0.1, -0.05) is 78.0 Å². The number of benzene rings is 3. The summed E-state index contributed by atoms with van der Waals surface area (Å²) in [4.78, 5) is 0. The fourth-order valence-electron chi connectivity index (χ4n) is 3.49. The summed E-state index contributed by atoms with van der Waals surface area (Å²) in [5.74, 6) is 2.27. The molecule has 33 heavy (non-hydrogen) atoms. The van der Waals surface area contributed by atoms with Gasteiger partial charge in [0, 0.05) is 11.5 Å². The summed E-state index contributed by atoms with van der Waals surface area (Å²) in [5, 5.41) is 5.29. The van der Waals surface area contributed by atoms with Crippen molar-refractivity contribution in [1.29, 1.82) is 0 Å². The molecule has 4 rings (SSSR count). The molecule has 1 aromatic heterocycles. The number of aromatic nitrogens is 1. The minimum Gasteiger partial charge on any atom is -0.489 e. The lowest BCUT2D eigenvalue weighted by molar-refractivity contribution is 0.292. The summed E-state index contributed by atoms with van der Waals surface area (Å²) in [6, 6.07) is 20.4. The maximum Gasteiger partial charge on any atom is 0.146 e. The molecule has 0 aliphatic heterocycles. The first-order chi connectivity index (χ1) is 15.9. The lowest BCUT2D eigenvalue weighted by Gasteiger charge is -2.12. The van der Waals surface area contributed by atoms with E-state index in [1.54, 1.807) is 24.3 Å². The van der Waals surface area contributed by atoms with Crippen LogP contribution in [-0.4, -0.2) is 13.0 Å². The molecule has 0 spiro atoms. The van der Waals surface area contributed by atoms with E-state index in [1.807, 2.05) is 56.3 Å². The van der Waals surface area contributed by atoms with E-state index >= 15 is 0 Å². The second-order valence-electron chi connectivity index (χ2n) is 7.92. The molecule has 0 amide bonds. The zero-order valence-electron chi connectivity index (χ0n) is 18.3. The number of hydrogen-bond donors (Lipinski definition) is 0. The maximum atomic E-state index is 6.43. The summed E-state index contributed by atoms with van der Waals surface area (Å²) in [5.41, 5.74) is 3.68. The smallest absolute Gasteiger partial charge is 0.146 e. The Hall–Kier alpha value is -2.89. The standard InChI is InChI=1S/C26H22BCl2NO3/c1-16(2)26-21(25(30-33-26)24-22(28)10-5-11-23(24)29)15-32-19-8-3-6-17(12-19)14-31-20-9-4-7-18(27)13-20/h3-13,16H,14-15H2,1-2H3. The number of rotatable bonds is 8. The third-order valence-corrected chi connectivity index (χ3v) is 5.72. The number of nitrogens with zero attached hydrogens (tertiary/aromatic N) is 1. The van der Waals surface area contributed by atoms with Gasteiger partial charge in [0.25, 0.3) is 0 Å². The van der Waals surface area contributed by atoms with Crippen LogP contribution in [0.1, 0.15) is 36.7 Å². The Labute approximate surface area is 204 Å². The van der Waals surface area contributed by atoms with E-state index in [0.717, 1.165) is 16.9 Å². The zero-order valence-corrected chi connectivity index (χ0v) is 19.9. The Morgan fingerprint density at radius 1 is 0.879 bits per heavy atom. The Balaban J connectivity index is 1.53. The predicted molar refractivity (Wildman–Crippen MR) is 133 cm³/mol. The van der Waals surface area contributed by atoms with Gasteiger partial charge < -0.3 is 14.0 Å². The zero-order chi connectivity index (χ0) is 23.4. The first kappa shape index (κ1) is 23.3. The van der Waals surface area contributed by atoms with Crippen molar-refractivity contribution in [3.05, 3.63) is 93.7 Å². The number of ether oxygens (including phenoxy) is 2. The normalized spacial score (nSPS) is 11.1. The summed E-state index contributed by atoms with van der Waals surface area (Å²) >= 11 is 12.9. The van der Waals surface area contributed by atoms with Crippen LogP contribution in [0, 0.1) is 0 Å². The van der Waals surface area contributed by atoms with Gasteiger partial charge in [0.1, 0.15) is 44.0 Å². The SMILES string of the molecule is [B]c1cccc(OCc2cccc(OCc3c(-c4c(Cl)cccc4Cl)noc3C(C)C)c2)c1. The van der Waals surface area contributed by atoms with Crippen molar-refractivity contribution < 1.29 is 14.0 Å². The monoisotopic (exact) mass is 477 g/mol. The average molecular weight is 478 g/mol. The van der Waals surface area contributed by atoms with Crippen LogP contribution in [0.15, 0.2) is 71.3 Å². The second-order valence-corrected chi connectivity index (χ2v) is 8.74. The molecule has 0 N–H and O–H groups in total. The topological polar surface area (TPSA) is 44.5 Å². The molecular formula is C26H22BCl2NO3. The van der Waals surface area contributed by atoms with E-state index in [0.29, 0.717) is 44.9 Å². The van der Waals surface area contributed by atoms with Crippen LogP contribution in [0.25, 0.3) is 11.3 Å². The van der Waals surface area contributed by atoms with Crippen LogP contribution in [0.2, 0.25) is 10.0 Å². The van der Waals surface area contributed by atoms with E-state index in [1.165, 1.54) is 0 Å². The quantitative estimate of drug-likeness (QED) is 0.264. The van der Waals surface area contributed by atoms with Crippen molar-refractivity contribution in [2.45, 2.75) is 33.0 Å². The maximum absolute atomic E-state index is 6.43. The molecule has 0 saturated heterocycles. The van der Waals surface area contributed by atoms with Gasteiger partial charge in [0.2, 0.25) is 0 Å². The molecule has 0 aliphatic rings. The minimum absolute atomic E-state index is 0.115. The summed E-state index contributed by atoms with van der Waals surface area (Å²) in [6.07, 6.45) is 0. The second kappa shape index (κ2) is 10.4. The molecule has 0 atom stereocenters. The molecule has 0 bridgehead atoms. The lowest BCUT2D eigenvalue weighted by atomic mass is 9.96. The number of halogens is 2. The van der Waals surface area contributed by atoms with Crippen LogP contribution in [-0.2, 0) is 13.2 Å². The van der Waals surface area contributed by atoms with E-state index in [4.69, 9.17) is 45.0 Å². The first-order valence-electron chi connectivity index (χ1n) is 10.5. The van der Waals surface area contributed by atoms with Gasteiger partial charge in [-0.25, -0.2) is 0 Å². The van der Waals surface area contributed by atoms with Crippen LogP contribution < -0.4 is 14.9 Å². The van der Waals surface area contributed by atoms with E-state index in [-0.39, 0.29) is 12.5 Å². The van der Waals surface area contributed by atoms with Gasteiger partial charge in [-0.2, -0.15) is 0 Å². The van der Waals surface area contributed by atoms with Crippen molar-refractivity contribution in [3.63, 3.8) is 0 Å². The van der Waals surface area contributed by atoms with Gasteiger partial charge in [0.15, 0.2) is 0 Å². The van der Waals surface area contributed by atoms with E-state index in [2.05, 4.69) is 5.16 Å². The highest BCUT2D eigenvalue weighted by Crippen LogP contribution is 2.38. The Kier molecular flexibility index (Phi) is 7.31. The Morgan fingerprint density at radius 2 is 1.52 bits per heavy atom. The summed E-state index contributed by atoms with van der Waals surface area (Å²) < 4.78 is 17.6. The first-order valence-corrected chi connectivity index (χ1v) is 11.3. The molecule has 4 aromatic rings. The highest BCUT2D eigenvalue weighted by Gasteiger charge is 2.23. The lowest BCUT2D eigenvalue weighted by Crippen LogP contribution is -2.04. The van der Waals surface area contributed by atoms with Gasteiger partial charge >= 0.3 is 0 Å². The third-order valence-electron chi connectivity index (χ3n) is 5.09. The Bertz CT molecular complexity index is 1240. The van der Waals surface area contributed by atoms with Crippen LogP contribution in [0.4, 0.5) is 0 Å². The average Bonchev–Trinajstić information content (AvgIpc) is 3.20. The molecule has 0 aliphatic carbocycles. The molecule has 0 saturated carbocycles. The highest BCUT2D eigenvalue weighted by molar-refractivity contribution is 6.39. The molecule has 2 radical (unpaired) electrons. The Morgan fingerprint density at radius 3 is 2.21 bits per heavy atom. The minimum atomic E-state index is 0.115. The van der Waals surface area contributed by atoms with Crippen LogP contribution >= 0.6 is 23.2 Å². The van der Waals surface area contributed by atoms with Crippen molar-refractivity contribution in [2.24, 2.45) is 0 Å². The fraction of sp³-hybridized carbons (Fsp3) is 0.192.